The lowest BCUT2D eigenvalue weighted by atomic mass is 10.2. The summed E-state index contributed by atoms with van der Waals surface area (Å²) < 4.78 is 10.3. The van der Waals surface area contributed by atoms with E-state index in [1.165, 1.54) is 12.1 Å². The van der Waals surface area contributed by atoms with Gasteiger partial charge in [0.2, 0.25) is 0 Å². The number of carboxylic acid groups (broad SMARTS) is 1. The molecular weight excluding hydrogens is 236 g/mol. The Bertz CT molecular complexity index is 629. The highest BCUT2D eigenvalue weighted by molar-refractivity contribution is 5.78. The molecule has 0 aliphatic heterocycles. The zero-order chi connectivity index (χ0) is 13.1. The van der Waals surface area contributed by atoms with E-state index in [2.05, 4.69) is 0 Å². The van der Waals surface area contributed by atoms with Gasteiger partial charge in [0, 0.05) is 17.5 Å². The summed E-state index contributed by atoms with van der Waals surface area (Å²) in [4.78, 5) is 21.9. The highest BCUT2D eigenvalue weighted by Gasteiger charge is 2.16. The van der Waals surface area contributed by atoms with Crippen LogP contribution in [0.2, 0.25) is 0 Å². The molecule has 0 aliphatic carbocycles. The van der Waals surface area contributed by atoms with E-state index in [1.807, 2.05) is 0 Å². The average Bonchev–Trinajstić information content (AvgIpc) is 2.35. The second kappa shape index (κ2) is 4.91. The molecule has 2 aromatic rings. The summed E-state index contributed by atoms with van der Waals surface area (Å²) >= 11 is 0. The van der Waals surface area contributed by atoms with Crippen LogP contribution in [0.3, 0.4) is 0 Å². The Morgan fingerprint density at radius 1 is 1.39 bits per heavy atom. The van der Waals surface area contributed by atoms with Crippen molar-refractivity contribution in [2.75, 3.05) is 0 Å². The van der Waals surface area contributed by atoms with Crippen molar-refractivity contribution in [2.24, 2.45) is 0 Å². The van der Waals surface area contributed by atoms with Crippen LogP contribution in [0.25, 0.3) is 11.0 Å². The predicted molar refractivity (Wildman–Crippen MR) is 64.8 cm³/mol. The van der Waals surface area contributed by atoms with Crippen molar-refractivity contribution in [2.45, 2.75) is 19.4 Å². The minimum atomic E-state index is -1.02. The summed E-state index contributed by atoms with van der Waals surface area (Å²) in [5.41, 5.74) is -0.0785. The van der Waals surface area contributed by atoms with E-state index < -0.39 is 17.7 Å². The number of hydrogen-bond donors (Lipinski definition) is 1. The summed E-state index contributed by atoms with van der Waals surface area (Å²) in [6.45, 7) is 1.72. The molecule has 0 saturated carbocycles. The molecule has 0 amide bonds. The van der Waals surface area contributed by atoms with Gasteiger partial charge in [0.05, 0.1) is 0 Å². The van der Waals surface area contributed by atoms with Crippen molar-refractivity contribution in [3.63, 3.8) is 0 Å². The molecule has 1 atom stereocenters. The van der Waals surface area contributed by atoms with Gasteiger partial charge in [-0.1, -0.05) is 6.92 Å². The van der Waals surface area contributed by atoms with Crippen molar-refractivity contribution in [3.05, 3.63) is 40.8 Å². The smallest absolute Gasteiger partial charge is 0.344 e. The Balaban J connectivity index is 2.34. The first kappa shape index (κ1) is 12.2. The first-order valence-corrected chi connectivity index (χ1v) is 5.53. The van der Waals surface area contributed by atoms with Gasteiger partial charge in [-0.3, -0.25) is 0 Å². The van der Waals surface area contributed by atoms with Crippen molar-refractivity contribution < 1.29 is 19.1 Å². The van der Waals surface area contributed by atoms with Gasteiger partial charge in [-0.15, -0.1) is 0 Å². The standard InChI is InChI=1S/C13H12O5/c1-2-10(13(15)16)17-9-5-3-8-4-6-12(14)18-11(8)7-9/h3-7,10H,2H2,1H3,(H,15,16). The molecule has 0 bridgehead atoms. The van der Waals surface area contributed by atoms with E-state index in [9.17, 15) is 9.59 Å². The molecule has 0 aliphatic rings. The third kappa shape index (κ3) is 2.51. The lowest BCUT2D eigenvalue weighted by molar-refractivity contribution is -0.145. The van der Waals surface area contributed by atoms with E-state index in [1.54, 1.807) is 25.1 Å². The molecule has 1 aromatic carbocycles. The van der Waals surface area contributed by atoms with Gasteiger partial charge in [0.25, 0.3) is 0 Å². The van der Waals surface area contributed by atoms with Gasteiger partial charge in [-0.25, -0.2) is 9.59 Å². The number of aliphatic carboxylic acids is 1. The summed E-state index contributed by atoms with van der Waals surface area (Å²) in [6, 6.07) is 7.84. The lowest BCUT2D eigenvalue weighted by Crippen LogP contribution is -2.25. The van der Waals surface area contributed by atoms with Crippen LogP contribution in [0, 0.1) is 0 Å². The molecule has 0 saturated heterocycles. The number of benzene rings is 1. The van der Waals surface area contributed by atoms with E-state index in [0.717, 1.165) is 5.39 Å². The van der Waals surface area contributed by atoms with E-state index >= 15 is 0 Å². The quantitative estimate of drug-likeness (QED) is 0.838. The van der Waals surface area contributed by atoms with Crippen molar-refractivity contribution in [1.29, 1.82) is 0 Å². The maximum atomic E-state index is 11.1. The SMILES string of the molecule is CCC(Oc1ccc2ccc(=O)oc2c1)C(=O)O. The van der Waals surface area contributed by atoms with Crippen molar-refractivity contribution in [1.82, 2.24) is 0 Å². The Morgan fingerprint density at radius 2 is 2.11 bits per heavy atom. The molecule has 0 fully saturated rings. The van der Waals surface area contributed by atoms with Gasteiger partial charge in [0.1, 0.15) is 11.3 Å². The summed E-state index contributed by atoms with van der Waals surface area (Å²) in [5.74, 6) is -0.654. The molecule has 94 valence electrons. The summed E-state index contributed by atoms with van der Waals surface area (Å²) in [6.07, 6.45) is -0.551. The Labute approximate surface area is 103 Å². The number of hydrogen-bond acceptors (Lipinski definition) is 4. The third-order valence-electron chi connectivity index (χ3n) is 2.52. The second-order valence-electron chi connectivity index (χ2n) is 3.81. The normalized spacial score (nSPS) is 12.3. The van der Waals surface area contributed by atoms with Crippen LogP contribution >= 0.6 is 0 Å². The van der Waals surface area contributed by atoms with Crippen molar-refractivity contribution >= 4 is 16.9 Å². The molecule has 1 heterocycles. The molecule has 18 heavy (non-hydrogen) atoms. The van der Waals surface area contributed by atoms with Crippen molar-refractivity contribution in [3.8, 4) is 5.75 Å². The van der Waals surface area contributed by atoms with E-state index in [0.29, 0.717) is 17.8 Å². The van der Waals surface area contributed by atoms with Crippen LogP contribution < -0.4 is 10.4 Å². The highest BCUT2D eigenvalue weighted by Crippen LogP contribution is 2.21. The van der Waals surface area contributed by atoms with Crippen LogP contribution in [0.15, 0.2) is 39.5 Å². The fourth-order valence-electron chi connectivity index (χ4n) is 1.59. The molecular formula is C13H12O5. The summed E-state index contributed by atoms with van der Waals surface area (Å²) in [7, 11) is 0. The third-order valence-corrected chi connectivity index (χ3v) is 2.52. The molecule has 5 heteroatoms. The molecule has 0 radical (unpaired) electrons. The molecule has 0 spiro atoms. The number of rotatable bonds is 4. The Morgan fingerprint density at radius 3 is 2.78 bits per heavy atom. The fourth-order valence-corrected chi connectivity index (χ4v) is 1.59. The maximum Gasteiger partial charge on any atom is 0.344 e. The molecule has 1 aromatic heterocycles. The van der Waals surface area contributed by atoms with Crippen LogP contribution in [0.5, 0.6) is 5.75 Å². The van der Waals surface area contributed by atoms with E-state index in [4.69, 9.17) is 14.3 Å². The van der Waals surface area contributed by atoms with Gasteiger partial charge in [-0.2, -0.15) is 0 Å². The first-order valence-electron chi connectivity index (χ1n) is 5.53. The van der Waals surface area contributed by atoms with E-state index in [-0.39, 0.29) is 0 Å². The van der Waals surface area contributed by atoms with Gasteiger partial charge in [-0.05, 0) is 24.6 Å². The maximum absolute atomic E-state index is 11.1. The second-order valence-corrected chi connectivity index (χ2v) is 3.81. The minimum Gasteiger partial charge on any atom is -0.479 e. The minimum absolute atomic E-state index is 0.353. The molecule has 1 unspecified atom stereocenters. The average molecular weight is 248 g/mol. The highest BCUT2D eigenvalue weighted by atomic mass is 16.5. The van der Waals surface area contributed by atoms with Crippen LogP contribution in [-0.2, 0) is 4.79 Å². The van der Waals surface area contributed by atoms with Gasteiger partial charge >= 0.3 is 11.6 Å². The summed E-state index contributed by atoms with van der Waals surface area (Å²) in [5, 5.41) is 9.65. The zero-order valence-corrected chi connectivity index (χ0v) is 9.75. The molecule has 5 nitrogen and oxygen atoms in total. The van der Waals surface area contributed by atoms with Crippen LogP contribution in [-0.4, -0.2) is 17.2 Å². The van der Waals surface area contributed by atoms with Crippen LogP contribution in [0.1, 0.15) is 13.3 Å². The topological polar surface area (TPSA) is 76.7 Å². The lowest BCUT2D eigenvalue weighted by Gasteiger charge is -2.13. The Hall–Kier alpha value is -2.30. The fraction of sp³-hybridized carbons (Fsp3) is 0.231. The number of fused-ring (bicyclic) bond motifs is 1. The number of ether oxygens (including phenoxy) is 1. The van der Waals surface area contributed by atoms with Gasteiger partial charge < -0.3 is 14.3 Å². The number of carboxylic acids is 1. The predicted octanol–water partition coefficient (Wildman–Crippen LogP) is 2.03. The van der Waals surface area contributed by atoms with Gasteiger partial charge in [0.15, 0.2) is 6.10 Å². The molecule has 1 N–H and O–H groups in total. The molecule has 2 rings (SSSR count). The number of carbonyl (C=O) groups is 1. The Kier molecular flexibility index (Phi) is 3.32. The monoisotopic (exact) mass is 248 g/mol. The largest absolute Gasteiger partial charge is 0.479 e. The van der Waals surface area contributed by atoms with Crippen LogP contribution in [0.4, 0.5) is 0 Å². The first-order chi connectivity index (χ1) is 8.60. The zero-order valence-electron chi connectivity index (χ0n) is 9.75.